The van der Waals surface area contributed by atoms with Crippen LogP contribution in [-0.4, -0.2) is 19.2 Å². The minimum absolute atomic E-state index is 0.480. The minimum atomic E-state index is 0.480. The van der Waals surface area contributed by atoms with E-state index in [0.717, 1.165) is 25.3 Å². The molecular weight excluding hydrogens is 222 g/mol. The van der Waals surface area contributed by atoms with Gasteiger partial charge in [-0.15, -0.1) is 0 Å². The van der Waals surface area contributed by atoms with E-state index in [2.05, 4.69) is 51.2 Å². The van der Waals surface area contributed by atoms with Crippen LogP contribution in [0.3, 0.4) is 0 Å². The largest absolute Gasteiger partial charge is 0.494 e. The predicted octanol–water partition coefficient (Wildman–Crippen LogP) is 3.57. The Bertz CT molecular complexity index is 360. The zero-order valence-corrected chi connectivity index (χ0v) is 12.4. The molecule has 0 fully saturated rings. The maximum Gasteiger partial charge on any atom is 0.122 e. The van der Waals surface area contributed by atoms with Gasteiger partial charge in [-0.2, -0.15) is 0 Å². The summed E-state index contributed by atoms with van der Waals surface area (Å²) in [5.41, 5.74) is 2.60. The van der Waals surface area contributed by atoms with Crippen molar-refractivity contribution in [2.75, 3.05) is 13.2 Å². The summed E-state index contributed by atoms with van der Waals surface area (Å²) in [5, 5.41) is 3.56. The summed E-state index contributed by atoms with van der Waals surface area (Å²) in [6.45, 7) is 12.7. The number of rotatable bonds is 7. The Labute approximate surface area is 112 Å². The fraction of sp³-hybridized carbons (Fsp3) is 0.625. The molecular formula is C16H27NO. The Morgan fingerprint density at radius 2 is 1.94 bits per heavy atom. The Balaban J connectivity index is 2.66. The van der Waals surface area contributed by atoms with E-state index in [-0.39, 0.29) is 0 Å². The molecule has 0 aliphatic heterocycles. The lowest BCUT2D eigenvalue weighted by molar-refractivity contribution is 0.334. The number of aryl methyl sites for hydroxylation is 1. The molecule has 0 radical (unpaired) electrons. The highest BCUT2D eigenvalue weighted by Crippen LogP contribution is 2.21. The monoisotopic (exact) mass is 249 g/mol. The number of ether oxygens (including phenoxy) is 1. The lowest BCUT2D eigenvalue weighted by Crippen LogP contribution is -2.31. The van der Waals surface area contributed by atoms with Crippen LogP contribution in [0.2, 0.25) is 0 Å². The highest BCUT2D eigenvalue weighted by Gasteiger charge is 2.09. The van der Waals surface area contributed by atoms with E-state index in [1.165, 1.54) is 11.1 Å². The van der Waals surface area contributed by atoms with Crippen LogP contribution in [-0.2, 0) is 6.42 Å². The normalized spacial score (nSPS) is 12.8. The second-order valence-electron chi connectivity index (χ2n) is 5.45. The first-order chi connectivity index (χ1) is 8.52. The summed E-state index contributed by atoms with van der Waals surface area (Å²) in [4.78, 5) is 0. The zero-order chi connectivity index (χ0) is 13.5. The molecule has 1 atom stereocenters. The molecule has 1 aromatic carbocycles. The average molecular weight is 249 g/mol. The summed E-state index contributed by atoms with van der Waals surface area (Å²) in [7, 11) is 0. The topological polar surface area (TPSA) is 21.3 Å². The molecule has 1 rings (SSSR count). The smallest absolute Gasteiger partial charge is 0.122 e. The van der Waals surface area contributed by atoms with Crippen LogP contribution in [0.15, 0.2) is 18.2 Å². The van der Waals surface area contributed by atoms with Crippen LogP contribution in [0.5, 0.6) is 5.75 Å². The van der Waals surface area contributed by atoms with Gasteiger partial charge in [0.25, 0.3) is 0 Å². The Hall–Kier alpha value is -1.02. The molecule has 0 spiro atoms. The first-order valence-electron chi connectivity index (χ1n) is 6.98. The molecule has 0 heterocycles. The molecule has 0 aromatic heterocycles. The quantitative estimate of drug-likeness (QED) is 0.797. The lowest BCUT2D eigenvalue weighted by Gasteiger charge is -2.18. The van der Waals surface area contributed by atoms with Crippen LogP contribution in [0.25, 0.3) is 0 Å². The van der Waals surface area contributed by atoms with Crippen molar-refractivity contribution in [1.82, 2.24) is 5.32 Å². The lowest BCUT2D eigenvalue weighted by atomic mass is 10.0. The second-order valence-corrected chi connectivity index (χ2v) is 5.45. The van der Waals surface area contributed by atoms with E-state index in [9.17, 15) is 0 Å². The van der Waals surface area contributed by atoms with Crippen molar-refractivity contribution in [3.05, 3.63) is 29.3 Å². The van der Waals surface area contributed by atoms with Gasteiger partial charge in [0, 0.05) is 6.04 Å². The standard InChI is InChI=1S/C16H27NO/c1-6-18-16-8-7-13(4)9-15(16)10-14(5)17-11-12(2)3/h7-9,12,14,17H,6,10-11H2,1-5H3. The summed E-state index contributed by atoms with van der Waals surface area (Å²) in [6.07, 6.45) is 1.02. The van der Waals surface area contributed by atoms with Gasteiger partial charge in [-0.3, -0.25) is 0 Å². The van der Waals surface area contributed by atoms with E-state index in [1.54, 1.807) is 0 Å². The third kappa shape index (κ3) is 5.09. The molecule has 2 heteroatoms. The summed E-state index contributed by atoms with van der Waals surface area (Å²) < 4.78 is 5.69. The van der Waals surface area contributed by atoms with Crippen LogP contribution in [0, 0.1) is 12.8 Å². The van der Waals surface area contributed by atoms with Crippen LogP contribution >= 0.6 is 0 Å². The van der Waals surface area contributed by atoms with E-state index in [4.69, 9.17) is 4.74 Å². The van der Waals surface area contributed by atoms with Gasteiger partial charge < -0.3 is 10.1 Å². The van der Waals surface area contributed by atoms with Crippen molar-refractivity contribution in [3.63, 3.8) is 0 Å². The van der Waals surface area contributed by atoms with Crippen molar-refractivity contribution in [1.29, 1.82) is 0 Å². The molecule has 2 nitrogen and oxygen atoms in total. The van der Waals surface area contributed by atoms with Gasteiger partial charge in [0.2, 0.25) is 0 Å². The zero-order valence-electron chi connectivity index (χ0n) is 12.4. The SMILES string of the molecule is CCOc1ccc(C)cc1CC(C)NCC(C)C. The van der Waals surface area contributed by atoms with Gasteiger partial charge in [-0.25, -0.2) is 0 Å². The molecule has 0 aliphatic rings. The average Bonchev–Trinajstić information content (AvgIpc) is 2.30. The molecule has 0 saturated heterocycles. The van der Waals surface area contributed by atoms with Crippen molar-refractivity contribution < 1.29 is 4.74 Å². The number of nitrogens with one attached hydrogen (secondary N) is 1. The Kier molecular flexibility index (Phi) is 6.20. The van der Waals surface area contributed by atoms with E-state index < -0.39 is 0 Å². The van der Waals surface area contributed by atoms with E-state index >= 15 is 0 Å². The molecule has 1 unspecified atom stereocenters. The van der Waals surface area contributed by atoms with Gasteiger partial charge in [-0.1, -0.05) is 31.5 Å². The predicted molar refractivity (Wildman–Crippen MR) is 78.4 cm³/mol. The van der Waals surface area contributed by atoms with Crippen LogP contribution < -0.4 is 10.1 Å². The molecule has 0 bridgehead atoms. The highest BCUT2D eigenvalue weighted by atomic mass is 16.5. The van der Waals surface area contributed by atoms with Crippen molar-refractivity contribution in [3.8, 4) is 5.75 Å². The summed E-state index contributed by atoms with van der Waals surface area (Å²) >= 11 is 0. The summed E-state index contributed by atoms with van der Waals surface area (Å²) in [5.74, 6) is 1.72. The van der Waals surface area contributed by atoms with Crippen molar-refractivity contribution >= 4 is 0 Å². The molecule has 1 N–H and O–H groups in total. The van der Waals surface area contributed by atoms with Crippen LogP contribution in [0.4, 0.5) is 0 Å². The van der Waals surface area contributed by atoms with E-state index in [0.29, 0.717) is 12.0 Å². The maximum absolute atomic E-state index is 5.69. The summed E-state index contributed by atoms with van der Waals surface area (Å²) in [6, 6.07) is 6.91. The molecule has 0 aliphatic carbocycles. The number of benzene rings is 1. The fourth-order valence-corrected chi connectivity index (χ4v) is 2.00. The Morgan fingerprint density at radius 1 is 1.22 bits per heavy atom. The van der Waals surface area contributed by atoms with Gasteiger partial charge >= 0.3 is 0 Å². The third-order valence-electron chi connectivity index (χ3n) is 2.92. The minimum Gasteiger partial charge on any atom is -0.494 e. The first-order valence-corrected chi connectivity index (χ1v) is 6.98. The molecule has 18 heavy (non-hydrogen) atoms. The van der Waals surface area contributed by atoms with Gasteiger partial charge in [0.15, 0.2) is 0 Å². The van der Waals surface area contributed by atoms with E-state index in [1.807, 2.05) is 6.92 Å². The van der Waals surface area contributed by atoms with Gasteiger partial charge in [0.05, 0.1) is 6.61 Å². The number of hydrogen-bond acceptors (Lipinski definition) is 2. The molecule has 1 aromatic rings. The maximum atomic E-state index is 5.69. The fourth-order valence-electron chi connectivity index (χ4n) is 2.00. The number of hydrogen-bond donors (Lipinski definition) is 1. The molecule has 0 saturated carbocycles. The van der Waals surface area contributed by atoms with Crippen LogP contribution in [0.1, 0.15) is 38.8 Å². The Morgan fingerprint density at radius 3 is 2.56 bits per heavy atom. The molecule has 0 amide bonds. The molecule has 102 valence electrons. The van der Waals surface area contributed by atoms with Crippen molar-refractivity contribution in [2.45, 2.75) is 47.1 Å². The van der Waals surface area contributed by atoms with Gasteiger partial charge in [0.1, 0.15) is 5.75 Å². The van der Waals surface area contributed by atoms with Crippen molar-refractivity contribution in [2.24, 2.45) is 5.92 Å². The first kappa shape index (κ1) is 15.0. The highest BCUT2D eigenvalue weighted by molar-refractivity contribution is 5.37. The third-order valence-corrected chi connectivity index (χ3v) is 2.92. The second kappa shape index (κ2) is 7.42. The van der Waals surface area contributed by atoms with Gasteiger partial charge in [-0.05, 0) is 51.3 Å².